The summed E-state index contributed by atoms with van der Waals surface area (Å²) in [5.74, 6) is 0. The molecule has 2 N–H and O–H groups in total. The van der Waals surface area contributed by atoms with Gasteiger partial charge in [-0.2, -0.15) is 0 Å². The van der Waals surface area contributed by atoms with Crippen LogP contribution in [-0.2, 0) is 0 Å². The van der Waals surface area contributed by atoms with Gasteiger partial charge in [-0.3, -0.25) is 0 Å². The van der Waals surface area contributed by atoms with Gasteiger partial charge in [0.05, 0.1) is 0 Å². The van der Waals surface area contributed by atoms with E-state index in [0.29, 0.717) is 11.5 Å². The maximum atomic E-state index is 6.21. The van der Waals surface area contributed by atoms with Crippen molar-refractivity contribution in [2.45, 2.75) is 46.1 Å². The van der Waals surface area contributed by atoms with Crippen LogP contribution < -0.4 is 5.73 Å². The van der Waals surface area contributed by atoms with Gasteiger partial charge < -0.3 is 15.5 Å². The van der Waals surface area contributed by atoms with Crippen LogP contribution in [0.15, 0.2) is 0 Å². The Morgan fingerprint density at radius 1 is 1.12 bits per heavy atom. The van der Waals surface area contributed by atoms with Crippen LogP contribution in [0.25, 0.3) is 0 Å². The van der Waals surface area contributed by atoms with Crippen molar-refractivity contribution in [1.82, 2.24) is 9.80 Å². The molecular formula is C14H31N3. The lowest BCUT2D eigenvalue weighted by Gasteiger charge is -2.26. The fourth-order valence-electron chi connectivity index (χ4n) is 2.56. The first-order valence-corrected chi connectivity index (χ1v) is 7.03. The van der Waals surface area contributed by atoms with E-state index in [1.54, 1.807) is 0 Å². The molecule has 1 aliphatic heterocycles. The highest BCUT2D eigenvalue weighted by Crippen LogP contribution is 2.21. The third kappa shape index (κ3) is 7.02. The minimum Gasteiger partial charge on any atom is -0.328 e. The molecule has 1 saturated heterocycles. The second-order valence-electron chi connectivity index (χ2n) is 6.81. The van der Waals surface area contributed by atoms with Crippen LogP contribution in [0.4, 0.5) is 0 Å². The number of rotatable bonds is 4. The Labute approximate surface area is 107 Å². The number of hydrogen-bond acceptors (Lipinski definition) is 3. The summed E-state index contributed by atoms with van der Waals surface area (Å²) in [6.45, 7) is 12.9. The van der Waals surface area contributed by atoms with Crippen molar-refractivity contribution in [2.24, 2.45) is 11.1 Å². The summed E-state index contributed by atoms with van der Waals surface area (Å²) in [7, 11) is 2.22. The van der Waals surface area contributed by atoms with Crippen LogP contribution in [0.5, 0.6) is 0 Å². The number of likely N-dealkylation sites (N-methyl/N-ethyl adjacent to an activating group) is 1. The minimum atomic E-state index is 0.357. The molecule has 3 heteroatoms. The summed E-state index contributed by atoms with van der Waals surface area (Å²) in [6, 6.07) is 0.357. The lowest BCUT2D eigenvalue weighted by Crippen LogP contribution is -2.34. The van der Waals surface area contributed by atoms with E-state index >= 15 is 0 Å². The van der Waals surface area contributed by atoms with E-state index < -0.39 is 0 Å². The van der Waals surface area contributed by atoms with Crippen LogP contribution >= 0.6 is 0 Å². The third-order valence-corrected chi connectivity index (χ3v) is 3.50. The molecule has 0 saturated carbocycles. The molecule has 1 heterocycles. The Bertz CT molecular complexity index is 210. The van der Waals surface area contributed by atoms with E-state index in [9.17, 15) is 0 Å². The summed E-state index contributed by atoms with van der Waals surface area (Å²) in [5, 5.41) is 0. The zero-order valence-corrected chi connectivity index (χ0v) is 12.2. The molecule has 0 aromatic heterocycles. The van der Waals surface area contributed by atoms with Gasteiger partial charge in [-0.05, 0) is 51.4 Å². The molecule has 3 nitrogen and oxygen atoms in total. The predicted octanol–water partition coefficient (Wildman–Crippen LogP) is 1.78. The molecule has 102 valence electrons. The van der Waals surface area contributed by atoms with E-state index in [0.717, 1.165) is 12.8 Å². The standard InChI is InChI=1S/C14H31N3/c1-14(2,3)12-13(15)6-9-17-8-5-7-16(4)10-11-17/h13H,5-12,15H2,1-4H3. The third-order valence-electron chi connectivity index (χ3n) is 3.50. The Kier molecular flexibility index (Phi) is 5.90. The summed E-state index contributed by atoms with van der Waals surface area (Å²) >= 11 is 0. The molecule has 0 radical (unpaired) electrons. The van der Waals surface area contributed by atoms with Crippen LogP contribution in [0.1, 0.15) is 40.0 Å². The number of hydrogen-bond donors (Lipinski definition) is 1. The van der Waals surface area contributed by atoms with Gasteiger partial charge in [-0.1, -0.05) is 20.8 Å². The molecule has 1 unspecified atom stereocenters. The van der Waals surface area contributed by atoms with Crippen molar-refractivity contribution in [3.63, 3.8) is 0 Å². The zero-order chi connectivity index (χ0) is 12.9. The highest BCUT2D eigenvalue weighted by Gasteiger charge is 2.17. The number of nitrogens with two attached hydrogens (primary N) is 1. The summed E-state index contributed by atoms with van der Waals surface area (Å²) in [6.07, 6.45) is 3.56. The first-order valence-electron chi connectivity index (χ1n) is 7.03. The first kappa shape index (κ1) is 14.9. The normalized spacial score (nSPS) is 22.4. The highest BCUT2D eigenvalue weighted by atomic mass is 15.2. The SMILES string of the molecule is CN1CCCN(CCC(N)CC(C)(C)C)CC1. The van der Waals surface area contributed by atoms with Gasteiger partial charge in [0.25, 0.3) is 0 Å². The topological polar surface area (TPSA) is 32.5 Å². The Morgan fingerprint density at radius 2 is 1.82 bits per heavy atom. The second-order valence-corrected chi connectivity index (χ2v) is 6.81. The van der Waals surface area contributed by atoms with Crippen molar-refractivity contribution in [2.75, 3.05) is 39.8 Å². The molecular weight excluding hydrogens is 210 g/mol. The van der Waals surface area contributed by atoms with Crippen LogP contribution in [0.2, 0.25) is 0 Å². The van der Waals surface area contributed by atoms with Crippen molar-refractivity contribution in [3.05, 3.63) is 0 Å². The van der Waals surface area contributed by atoms with Gasteiger partial charge in [0.2, 0.25) is 0 Å². The summed E-state index contributed by atoms with van der Waals surface area (Å²) in [5.41, 5.74) is 6.57. The molecule has 0 aliphatic carbocycles. The molecule has 1 aliphatic rings. The Morgan fingerprint density at radius 3 is 2.47 bits per heavy atom. The molecule has 0 spiro atoms. The van der Waals surface area contributed by atoms with E-state index in [1.165, 1.54) is 39.1 Å². The molecule has 17 heavy (non-hydrogen) atoms. The lowest BCUT2D eigenvalue weighted by molar-refractivity contribution is 0.250. The van der Waals surface area contributed by atoms with Crippen molar-refractivity contribution >= 4 is 0 Å². The molecule has 1 fully saturated rings. The maximum Gasteiger partial charge on any atom is 0.0109 e. The monoisotopic (exact) mass is 241 g/mol. The van der Waals surface area contributed by atoms with Crippen molar-refractivity contribution in [3.8, 4) is 0 Å². The first-order chi connectivity index (χ1) is 7.87. The summed E-state index contributed by atoms with van der Waals surface area (Å²) in [4.78, 5) is 5.00. The zero-order valence-electron chi connectivity index (χ0n) is 12.2. The molecule has 0 aromatic rings. The fourth-order valence-corrected chi connectivity index (χ4v) is 2.56. The van der Waals surface area contributed by atoms with Gasteiger partial charge in [-0.25, -0.2) is 0 Å². The largest absolute Gasteiger partial charge is 0.328 e. The molecule has 0 bridgehead atoms. The molecule has 0 aromatic carbocycles. The average Bonchev–Trinajstić information content (AvgIpc) is 2.37. The second kappa shape index (κ2) is 6.72. The minimum absolute atomic E-state index is 0.357. The predicted molar refractivity (Wildman–Crippen MR) is 75.2 cm³/mol. The molecule has 1 rings (SSSR count). The van der Waals surface area contributed by atoms with Gasteiger partial charge in [-0.15, -0.1) is 0 Å². The van der Waals surface area contributed by atoms with Crippen LogP contribution in [0.3, 0.4) is 0 Å². The van der Waals surface area contributed by atoms with E-state index in [2.05, 4.69) is 37.6 Å². The Balaban J connectivity index is 2.21. The van der Waals surface area contributed by atoms with Gasteiger partial charge in [0, 0.05) is 19.1 Å². The van der Waals surface area contributed by atoms with E-state index in [-0.39, 0.29) is 0 Å². The van der Waals surface area contributed by atoms with Crippen LogP contribution in [0, 0.1) is 5.41 Å². The van der Waals surface area contributed by atoms with Gasteiger partial charge >= 0.3 is 0 Å². The van der Waals surface area contributed by atoms with Crippen molar-refractivity contribution < 1.29 is 0 Å². The highest BCUT2D eigenvalue weighted by molar-refractivity contribution is 4.74. The maximum absolute atomic E-state index is 6.21. The smallest absolute Gasteiger partial charge is 0.0109 e. The molecule has 1 atom stereocenters. The molecule has 0 amide bonds. The Hall–Kier alpha value is -0.120. The average molecular weight is 241 g/mol. The van der Waals surface area contributed by atoms with E-state index in [4.69, 9.17) is 5.73 Å². The van der Waals surface area contributed by atoms with Crippen molar-refractivity contribution in [1.29, 1.82) is 0 Å². The van der Waals surface area contributed by atoms with Gasteiger partial charge in [0.1, 0.15) is 0 Å². The van der Waals surface area contributed by atoms with Gasteiger partial charge in [0.15, 0.2) is 0 Å². The lowest BCUT2D eigenvalue weighted by atomic mass is 9.87. The van der Waals surface area contributed by atoms with E-state index in [1.807, 2.05) is 0 Å². The summed E-state index contributed by atoms with van der Waals surface area (Å²) < 4.78 is 0. The number of nitrogens with zero attached hydrogens (tertiary/aromatic N) is 2. The van der Waals surface area contributed by atoms with Crippen LogP contribution in [-0.4, -0.2) is 55.6 Å². The fraction of sp³-hybridized carbons (Fsp3) is 1.00. The quantitative estimate of drug-likeness (QED) is 0.814.